The summed E-state index contributed by atoms with van der Waals surface area (Å²) in [6.45, 7) is 1.75. The molecule has 1 fully saturated rings. The maximum Gasteiger partial charge on any atom is 0.126 e. The third kappa shape index (κ3) is 2.60. The number of benzene rings is 2. The second-order valence-electron chi connectivity index (χ2n) is 6.10. The Balaban J connectivity index is 2.04. The third-order valence-electron chi connectivity index (χ3n) is 4.74. The van der Waals surface area contributed by atoms with E-state index in [0.717, 1.165) is 31.2 Å². The van der Waals surface area contributed by atoms with Crippen LogP contribution in [0.2, 0.25) is 0 Å². The Morgan fingerprint density at radius 2 is 1.86 bits per heavy atom. The van der Waals surface area contributed by atoms with E-state index in [0.29, 0.717) is 5.56 Å². The van der Waals surface area contributed by atoms with Gasteiger partial charge in [0.2, 0.25) is 0 Å². The van der Waals surface area contributed by atoms with Gasteiger partial charge in [-0.3, -0.25) is 0 Å². The molecule has 0 bridgehead atoms. The van der Waals surface area contributed by atoms with E-state index in [9.17, 15) is 9.50 Å². The normalized spacial score (nSPS) is 25.8. The predicted octanol–water partition coefficient (Wildman–Crippen LogP) is 4.68. The monoisotopic (exact) mass is 284 g/mol. The summed E-state index contributed by atoms with van der Waals surface area (Å²) < 4.78 is 13.5. The average molecular weight is 284 g/mol. The van der Waals surface area contributed by atoms with Crippen molar-refractivity contribution in [3.05, 3.63) is 71.0 Å². The standard InChI is InChI=1S/C19H21FO/c1-14-13-16(10-11-18(14)20)19(21)12-6-5-9-17(19)15-7-3-2-4-8-15/h2-4,7-8,10-11,13,17,21H,5-6,9,12H2,1H3. The van der Waals surface area contributed by atoms with Gasteiger partial charge in [0, 0.05) is 5.92 Å². The molecule has 110 valence electrons. The Morgan fingerprint density at radius 1 is 1.10 bits per heavy atom. The van der Waals surface area contributed by atoms with Crippen LogP contribution in [0.1, 0.15) is 48.3 Å². The van der Waals surface area contributed by atoms with E-state index in [1.807, 2.05) is 18.2 Å². The molecule has 0 aromatic heterocycles. The highest BCUT2D eigenvalue weighted by Gasteiger charge is 2.41. The van der Waals surface area contributed by atoms with Gasteiger partial charge in [0.15, 0.2) is 0 Å². The zero-order valence-corrected chi connectivity index (χ0v) is 12.3. The van der Waals surface area contributed by atoms with Crippen LogP contribution in [-0.2, 0) is 5.60 Å². The van der Waals surface area contributed by atoms with Crippen molar-refractivity contribution in [2.45, 2.75) is 44.1 Å². The van der Waals surface area contributed by atoms with Crippen LogP contribution in [0.15, 0.2) is 48.5 Å². The van der Waals surface area contributed by atoms with Gasteiger partial charge in [0.1, 0.15) is 5.82 Å². The molecule has 0 spiro atoms. The summed E-state index contributed by atoms with van der Waals surface area (Å²) in [6.07, 6.45) is 3.84. The molecule has 1 N–H and O–H groups in total. The van der Waals surface area contributed by atoms with Crippen LogP contribution in [0, 0.1) is 12.7 Å². The molecular formula is C19H21FO. The first-order valence-electron chi connectivity index (χ1n) is 7.65. The van der Waals surface area contributed by atoms with Crippen LogP contribution in [-0.4, -0.2) is 5.11 Å². The van der Waals surface area contributed by atoms with Crippen molar-refractivity contribution >= 4 is 0 Å². The largest absolute Gasteiger partial charge is 0.385 e. The maximum atomic E-state index is 13.5. The van der Waals surface area contributed by atoms with Crippen molar-refractivity contribution < 1.29 is 9.50 Å². The van der Waals surface area contributed by atoms with Crippen molar-refractivity contribution in [3.8, 4) is 0 Å². The summed E-state index contributed by atoms with van der Waals surface area (Å²) >= 11 is 0. The molecule has 0 saturated heterocycles. The highest BCUT2D eigenvalue weighted by Crippen LogP contribution is 2.47. The molecule has 1 nitrogen and oxygen atoms in total. The van der Waals surface area contributed by atoms with Crippen molar-refractivity contribution in [3.63, 3.8) is 0 Å². The Kier molecular flexibility index (Phi) is 3.81. The zero-order valence-electron chi connectivity index (χ0n) is 12.3. The molecule has 0 amide bonds. The fraction of sp³-hybridized carbons (Fsp3) is 0.368. The fourth-order valence-corrected chi connectivity index (χ4v) is 3.54. The molecule has 2 unspecified atom stereocenters. The van der Waals surface area contributed by atoms with Crippen LogP contribution >= 0.6 is 0 Å². The van der Waals surface area contributed by atoms with Gasteiger partial charge in [-0.05, 0) is 42.5 Å². The van der Waals surface area contributed by atoms with E-state index in [-0.39, 0.29) is 11.7 Å². The quantitative estimate of drug-likeness (QED) is 0.849. The molecule has 0 heterocycles. The van der Waals surface area contributed by atoms with E-state index >= 15 is 0 Å². The van der Waals surface area contributed by atoms with E-state index in [4.69, 9.17) is 0 Å². The molecule has 2 aromatic carbocycles. The van der Waals surface area contributed by atoms with Crippen LogP contribution in [0.4, 0.5) is 4.39 Å². The molecule has 2 aromatic rings. The lowest BCUT2D eigenvalue weighted by atomic mass is 9.68. The lowest BCUT2D eigenvalue weighted by Gasteiger charge is -2.41. The Hall–Kier alpha value is -1.67. The van der Waals surface area contributed by atoms with E-state index in [2.05, 4.69) is 12.1 Å². The zero-order chi connectivity index (χ0) is 14.9. The maximum absolute atomic E-state index is 13.5. The first kappa shape index (κ1) is 14.3. The molecular weight excluding hydrogens is 263 g/mol. The lowest BCUT2D eigenvalue weighted by molar-refractivity contribution is -0.0225. The minimum atomic E-state index is -0.891. The van der Waals surface area contributed by atoms with Gasteiger partial charge in [0.05, 0.1) is 5.60 Å². The van der Waals surface area contributed by atoms with Gasteiger partial charge >= 0.3 is 0 Å². The molecule has 0 radical (unpaired) electrons. The van der Waals surface area contributed by atoms with Gasteiger partial charge < -0.3 is 5.11 Å². The number of aliphatic hydroxyl groups is 1. The fourth-order valence-electron chi connectivity index (χ4n) is 3.54. The van der Waals surface area contributed by atoms with Crippen LogP contribution < -0.4 is 0 Å². The van der Waals surface area contributed by atoms with Crippen LogP contribution in [0.5, 0.6) is 0 Å². The van der Waals surface area contributed by atoms with Gasteiger partial charge in [0.25, 0.3) is 0 Å². The van der Waals surface area contributed by atoms with Gasteiger partial charge in [-0.2, -0.15) is 0 Å². The number of hydrogen-bond acceptors (Lipinski definition) is 1. The van der Waals surface area contributed by atoms with Crippen LogP contribution in [0.3, 0.4) is 0 Å². The highest BCUT2D eigenvalue weighted by molar-refractivity contribution is 5.34. The lowest BCUT2D eigenvalue weighted by Crippen LogP contribution is -2.36. The number of halogens is 1. The van der Waals surface area contributed by atoms with Crippen molar-refractivity contribution in [2.24, 2.45) is 0 Å². The summed E-state index contributed by atoms with van der Waals surface area (Å²) in [7, 11) is 0. The Bertz CT molecular complexity index is 623. The number of hydrogen-bond donors (Lipinski definition) is 1. The molecule has 21 heavy (non-hydrogen) atoms. The molecule has 1 aliphatic carbocycles. The Morgan fingerprint density at radius 3 is 2.57 bits per heavy atom. The molecule has 0 aliphatic heterocycles. The van der Waals surface area contributed by atoms with Gasteiger partial charge in [-0.15, -0.1) is 0 Å². The minimum Gasteiger partial charge on any atom is -0.385 e. The van der Waals surface area contributed by atoms with Gasteiger partial charge in [-0.1, -0.05) is 55.3 Å². The summed E-state index contributed by atoms with van der Waals surface area (Å²) in [4.78, 5) is 0. The number of aryl methyl sites for hydroxylation is 1. The Labute approximate surface area is 125 Å². The van der Waals surface area contributed by atoms with E-state index in [1.165, 1.54) is 11.6 Å². The second-order valence-corrected chi connectivity index (χ2v) is 6.10. The average Bonchev–Trinajstić information content (AvgIpc) is 2.51. The second kappa shape index (κ2) is 5.61. The van der Waals surface area contributed by atoms with Crippen LogP contribution in [0.25, 0.3) is 0 Å². The first-order chi connectivity index (χ1) is 10.1. The summed E-state index contributed by atoms with van der Waals surface area (Å²) in [5.41, 5.74) is 1.72. The SMILES string of the molecule is Cc1cc(C2(O)CCCCC2c2ccccc2)ccc1F. The topological polar surface area (TPSA) is 20.2 Å². The summed E-state index contributed by atoms with van der Waals surface area (Å²) in [5.74, 6) is -0.133. The number of rotatable bonds is 2. The van der Waals surface area contributed by atoms with Crippen molar-refractivity contribution in [1.29, 1.82) is 0 Å². The first-order valence-corrected chi connectivity index (χ1v) is 7.65. The summed E-state index contributed by atoms with van der Waals surface area (Å²) in [5, 5.41) is 11.3. The minimum absolute atomic E-state index is 0.0808. The predicted molar refractivity (Wildman–Crippen MR) is 82.7 cm³/mol. The smallest absolute Gasteiger partial charge is 0.126 e. The molecule has 2 atom stereocenters. The molecule has 1 aliphatic rings. The molecule has 3 rings (SSSR count). The summed E-state index contributed by atoms with van der Waals surface area (Å²) in [6, 6.07) is 15.2. The third-order valence-corrected chi connectivity index (χ3v) is 4.74. The molecule has 1 saturated carbocycles. The van der Waals surface area contributed by atoms with E-state index in [1.54, 1.807) is 19.1 Å². The highest BCUT2D eigenvalue weighted by atomic mass is 19.1. The van der Waals surface area contributed by atoms with E-state index < -0.39 is 5.60 Å². The van der Waals surface area contributed by atoms with Gasteiger partial charge in [-0.25, -0.2) is 4.39 Å². The molecule has 2 heteroatoms. The van der Waals surface area contributed by atoms with Crippen molar-refractivity contribution in [2.75, 3.05) is 0 Å². The van der Waals surface area contributed by atoms with Crippen molar-refractivity contribution in [1.82, 2.24) is 0 Å².